The van der Waals surface area contributed by atoms with E-state index < -0.39 is 44.8 Å². The lowest BCUT2D eigenvalue weighted by Gasteiger charge is -2.30. The molecular formula is C20H20ClF3N2O5S. The average molecular weight is 493 g/mol. The van der Waals surface area contributed by atoms with E-state index in [-0.39, 0.29) is 18.8 Å². The summed E-state index contributed by atoms with van der Waals surface area (Å²) in [5, 5.41) is 1.98. The number of para-hydroxylation sites is 2. The van der Waals surface area contributed by atoms with Crippen molar-refractivity contribution in [2.24, 2.45) is 0 Å². The molecule has 2 aromatic rings. The Morgan fingerprint density at radius 1 is 1.25 bits per heavy atom. The Morgan fingerprint density at radius 3 is 2.53 bits per heavy atom. The number of carbonyl (C=O) groups is 1. The first-order valence-electron chi connectivity index (χ1n) is 9.40. The van der Waals surface area contributed by atoms with Crippen LogP contribution in [0.2, 0.25) is 5.02 Å². The van der Waals surface area contributed by atoms with Gasteiger partial charge in [-0.1, -0.05) is 23.7 Å². The number of nitrogens with zero attached hydrogens (tertiary/aromatic N) is 1. The summed E-state index contributed by atoms with van der Waals surface area (Å²) in [7, 11) is -4.11. The van der Waals surface area contributed by atoms with Crippen LogP contribution in [0.3, 0.4) is 0 Å². The molecule has 12 heteroatoms. The van der Waals surface area contributed by atoms with Gasteiger partial charge in [0.1, 0.15) is 18.8 Å². The highest BCUT2D eigenvalue weighted by Crippen LogP contribution is 2.38. The van der Waals surface area contributed by atoms with Gasteiger partial charge in [-0.25, -0.2) is 8.42 Å². The highest BCUT2D eigenvalue weighted by molar-refractivity contribution is 7.92. The van der Waals surface area contributed by atoms with Crippen molar-refractivity contribution in [1.82, 2.24) is 5.32 Å². The van der Waals surface area contributed by atoms with Crippen molar-refractivity contribution in [3.63, 3.8) is 0 Å². The molecule has 3 rings (SSSR count). The summed E-state index contributed by atoms with van der Waals surface area (Å²) < 4.78 is 76.3. The van der Waals surface area contributed by atoms with E-state index in [4.69, 9.17) is 21.1 Å². The molecule has 0 spiro atoms. The van der Waals surface area contributed by atoms with Crippen molar-refractivity contribution in [2.45, 2.75) is 25.2 Å². The van der Waals surface area contributed by atoms with Gasteiger partial charge in [-0.2, -0.15) is 13.2 Å². The topological polar surface area (TPSA) is 84.9 Å². The third kappa shape index (κ3) is 5.39. The van der Waals surface area contributed by atoms with Crippen molar-refractivity contribution in [1.29, 1.82) is 0 Å². The molecule has 0 saturated heterocycles. The van der Waals surface area contributed by atoms with Crippen LogP contribution in [-0.2, 0) is 21.0 Å². The fraction of sp³-hybridized carbons (Fsp3) is 0.350. The van der Waals surface area contributed by atoms with Crippen molar-refractivity contribution in [3.05, 3.63) is 53.1 Å². The van der Waals surface area contributed by atoms with Crippen LogP contribution in [0.5, 0.6) is 11.5 Å². The summed E-state index contributed by atoms with van der Waals surface area (Å²) in [6, 6.07) is 8.29. The molecule has 1 aliphatic heterocycles. The van der Waals surface area contributed by atoms with E-state index in [1.165, 1.54) is 6.92 Å². The number of carbonyl (C=O) groups excluding carboxylic acids is 1. The Morgan fingerprint density at radius 2 is 1.91 bits per heavy atom. The monoisotopic (exact) mass is 492 g/mol. The lowest BCUT2D eigenvalue weighted by Crippen LogP contribution is -2.50. The second-order valence-corrected chi connectivity index (χ2v) is 9.41. The molecule has 0 unspecified atom stereocenters. The highest BCUT2D eigenvalue weighted by Gasteiger charge is 2.36. The molecule has 7 nitrogen and oxygen atoms in total. The lowest BCUT2D eigenvalue weighted by atomic mass is 10.1. The first kappa shape index (κ1) is 24.0. The molecule has 1 amide bonds. The summed E-state index contributed by atoms with van der Waals surface area (Å²) in [6.45, 7) is 1.43. The summed E-state index contributed by atoms with van der Waals surface area (Å²) in [5.41, 5.74) is -1.54. The number of halogens is 4. The third-order valence-corrected chi connectivity index (χ3v) is 6.24. The van der Waals surface area contributed by atoms with Gasteiger partial charge in [0.15, 0.2) is 11.5 Å². The van der Waals surface area contributed by atoms with Gasteiger partial charge in [0.05, 0.1) is 29.1 Å². The van der Waals surface area contributed by atoms with E-state index in [9.17, 15) is 26.4 Å². The van der Waals surface area contributed by atoms with Crippen LogP contribution < -0.4 is 19.1 Å². The molecule has 1 heterocycles. The zero-order valence-electron chi connectivity index (χ0n) is 17.0. The SMILES string of the molecule is C[C@@H](C(=O)NC[C@H]1COc2ccccc2O1)N(c1ccc(Cl)c(C(F)(F)F)c1)S(C)(=O)=O. The van der Waals surface area contributed by atoms with Crippen molar-refractivity contribution < 1.29 is 35.9 Å². The minimum absolute atomic E-state index is 0.00350. The fourth-order valence-corrected chi connectivity index (χ4v) is 4.59. The normalized spacial score (nSPS) is 16.9. The Hall–Kier alpha value is -2.66. The number of nitrogens with one attached hydrogen (secondary N) is 1. The predicted molar refractivity (Wildman–Crippen MR) is 113 cm³/mol. The Kier molecular flexibility index (Phi) is 6.80. The smallest absolute Gasteiger partial charge is 0.417 e. The zero-order valence-corrected chi connectivity index (χ0v) is 18.6. The fourth-order valence-electron chi connectivity index (χ4n) is 3.20. The van der Waals surface area contributed by atoms with Gasteiger partial charge in [-0.15, -0.1) is 0 Å². The van der Waals surface area contributed by atoms with Crippen LogP contribution in [-0.4, -0.2) is 45.9 Å². The quantitative estimate of drug-likeness (QED) is 0.667. The first-order valence-corrected chi connectivity index (χ1v) is 11.6. The number of ether oxygens (including phenoxy) is 2. The second kappa shape index (κ2) is 9.07. The maximum Gasteiger partial charge on any atom is 0.417 e. The minimum atomic E-state index is -4.80. The molecule has 0 fully saturated rings. The standard InChI is InChI=1S/C20H20ClF3N2O5S/c1-12(19(27)25-10-14-11-30-17-5-3-4-6-18(17)31-14)26(32(2,28)29)13-7-8-16(21)15(9-13)20(22,23)24/h3-9,12,14H,10-11H2,1-2H3,(H,25,27)/t12-,14-/m0/s1. The number of benzene rings is 2. The van der Waals surface area contributed by atoms with Crippen LogP contribution in [0.4, 0.5) is 18.9 Å². The van der Waals surface area contributed by atoms with E-state index in [1.54, 1.807) is 24.3 Å². The van der Waals surface area contributed by atoms with Gasteiger partial charge < -0.3 is 14.8 Å². The molecule has 1 aliphatic rings. The summed E-state index contributed by atoms with van der Waals surface area (Å²) in [4.78, 5) is 12.7. The van der Waals surface area contributed by atoms with Crippen molar-refractivity contribution >= 4 is 33.2 Å². The summed E-state index contributed by atoms with van der Waals surface area (Å²) in [5.74, 6) is 0.348. The van der Waals surface area contributed by atoms with Gasteiger partial charge in [0.2, 0.25) is 15.9 Å². The number of sulfonamides is 1. The number of hydrogen-bond donors (Lipinski definition) is 1. The Bertz CT molecular complexity index is 1110. The first-order chi connectivity index (χ1) is 14.9. The van der Waals surface area contributed by atoms with E-state index >= 15 is 0 Å². The molecule has 0 radical (unpaired) electrons. The number of alkyl halides is 3. The molecule has 32 heavy (non-hydrogen) atoms. The maximum absolute atomic E-state index is 13.2. The zero-order chi connectivity index (χ0) is 23.7. The number of rotatable bonds is 6. The Labute approximate surface area is 188 Å². The van der Waals surface area contributed by atoms with Crippen LogP contribution in [0, 0.1) is 0 Å². The highest BCUT2D eigenvalue weighted by atomic mass is 35.5. The molecule has 174 valence electrons. The van der Waals surface area contributed by atoms with Crippen LogP contribution in [0.1, 0.15) is 12.5 Å². The number of hydrogen-bond acceptors (Lipinski definition) is 5. The van der Waals surface area contributed by atoms with Gasteiger partial charge in [-0.05, 0) is 37.3 Å². The van der Waals surface area contributed by atoms with Gasteiger partial charge in [-0.3, -0.25) is 9.10 Å². The van der Waals surface area contributed by atoms with Crippen molar-refractivity contribution in [2.75, 3.05) is 23.7 Å². The summed E-state index contributed by atoms with van der Waals surface area (Å²) >= 11 is 5.62. The number of amides is 1. The Balaban J connectivity index is 1.76. The van der Waals surface area contributed by atoms with Gasteiger partial charge in [0.25, 0.3) is 0 Å². The van der Waals surface area contributed by atoms with Crippen LogP contribution in [0.25, 0.3) is 0 Å². The maximum atomic E-state index is 13.2. The van der Waals surface area contributed by atoms with E-state index in [1.807, 2.05) is 0 Å². The number of anilines is 1. The van der Waals surface area contributed by atoms with Gasteiger partial charge >= 0.3 is 6.18 Å². The largest absolute Gasteiger partial charge is 0.486 e. The molecule has 0 aliphatic carbocycles. The van der Waals surface area contributed by atoms with Crippen molar-refractivity contribution in [3.8, 4) is 11.5 Å². The lowest BCUT2D eigenvalue weighted by molar-refractivity contribution is -0.137. The third-order valence-electron chi connectivity index (χ3n) is 4.67. The molecule has 0 aromatic heterocycles. The van der Waals surface area contributed by atoms with E-state index in [0.717, 1.165) is 18.4 Å². The average Bonchev–Trinajstić information content (AvgIpc) is 2.71. The van der Waals surface area contributed by atoms with E-state index in [2.05, 4.69) is 5.32 Å². The van der Waals surface area contributed by atoms with Gasteiger partial charge in [0, 0.05) is 0 Å². The summed E-state index contributed by atoms with van der Waals surface area (Å²) in [6.07, 6.45) is -4.52. The van der Waals surface area contributed by atoms with E-state index in [0.29, 0.717) is 21.9 Å². The molecule has 1 N–H and O–H groups in total. The second-order valence-electron chi connectivity index (χ2n) is 7.14. The van der Waals surface area contributed by atoms with Crippen LogP contribution >= 0.6 is 11.6 Å². The molecular weight excluding hydrogens is 473 g/mol. The molecule has 2 atom stereocenters. The molecule has 2 aromatic carbocycles. The molecule has 0 bridgehead atoms. The molecule has 0 saturated carbocycles. The number of fused-ring (bicyclic) bond motifs is 1. The predicted octanol–water partition coefficient (Wildman–Crippen LogP) is 3.47. The van der Waals surface area contributed by atoms with Crippen LogP contribution in [0.15, 0.2) is 42.5 Å². The minimum Gasteiger partial charge on any atom is -0.486 e.